The first-order valence-electron chi connectivity index (χ1n) is 5.84. The summed E-state index contributed by atoms with van der Waals surface area (Å²) in [4.78, 5) is 13.9. The summed E-state index contributed by atoms with van der Waals surface area (Å²) in [6.07, 6.45) is 3.92. The minimum atomic E-state index is -0.344. The van der Waals surface area contributed by atoms with Crippen molar-refractivity contribution in [1.29, 1.82) is 0 Å². The molecule has 0 bridgehead atoms. The van der Waals surface area contributed by atoms with E-state index < -0.39 is 0 Å². The van der Waals surface area contributed by atoms with Crippen molar-refractivity contribution in [2.45, 2.75) is 31.9 Å². The number of rotatable bonds is 5. The fourth-order valence-electron chi connectivity index (χ4n) is 1.77. The van der Waals surface area contributed by atoms with Crippen molar-refractivity contribution < 1.29 is 9.53 Å². The van der Waals surface area contributed by atoms with Crippen LogP contribution in [0.1, 0.15) is 19.8 Å². The lowest BCUT2D eigenvalue weighted by molar-refractivity contribution is -0.140. The Bertz CT molecular complexity index is 226. The molecule has 5 heteroatoms. The number of hydrogen-bond acceptors (Lipinski definition) is 4. The molecule has 1 unspecified atom stereocenters. The third-order valence-electron chi connectivity index (χ3n) is 2.86. The highest BCUT2D eigenvalue weighted by atomic mass is 32.2. The Hall–Kier alpha value is -0.260. The van der Waals surface area contributed by atoms with E-state index in [0.717, 1.165) is 18.6 Å². The fourth-order valence-corrected chi connectivity index (χ4v) is 2.26. The van der Waals surface area contributed by atoms with E-state index in [1.165, 1.54) is 0 Å². The molecule has 2 atom stereocenters. The van der Waals surface area contributed by atoms with E-state index in [-0.39, 0.29) is 18.1 Å². The van der Waals surface area contributed by atoms with Gasteiger partial charge >= 0.3 is 0 Å². The van der Waals surface area contributed by atoms with Gasteiger partial charge in [-0.3, -0.25) is 4.79 Å². The van der Waals surface area contributed by atoms with Gasteiger partial charge in [0.15, 0.2) is 0 Å². The second-order valence-electron chi connectivity index (χ2n) is 4.07. The zero-order chi connectivity index (χ0) is 12.0. The Balaban J connectivity index is 2.40. The van der Waals surface area contributed by atoms with Gasteiger partial charge in [-0.05, 0) is 24.9 Å². The number of hydrogen-bond donors (Lipinski definition) is 1. The second kappa shape index (κ2) is 7.14. The van der Waals surface area contributed by atoms with Crippen LogP contribution < -0.4 is 5.73 Å². The van der Waals surface area contributed by atoms with Crippen molar-refractivity contribution in [3.63, 3.8) is 0 Å². The highest BCUT2D eigenvalue weighted by Gasteiger charge is 2.26. The highest BCUT2D eigenvalue weighted by Crippen LogP contribution is 2.10. The average molecular weight is 246 g/mol. The predicted molar refractivity (Wildman–Crippen MR) is 67.6 cm³/mol. The summed E-state index contributed by atoms with van der Waals surface area (Å²) in [5.74, 6) is 1.02. The molecule has 1 saturated heterocycles. The van der Waals surface area contributed by atoms with Crippen molar-refractivity contribution in [3.05, 3.63) is 0 Å². The van der Waals surface area contributed by atoms with E-state index >= 15 is 0 Å². The molecule has 0 aromatic heterocycles. The van der Waals surface area contributed by atoms with Crippen LogP contribution in [-0.4, -0.2) is 54.7 Å². The third-order valence-corrected chi connectivity index (χ3v) is 3.50. The molecule has 1 rings (SSSR count). The van der Waals surface area contributed by atoms with Crippen LogP contribution in [0, 0.1) is 0 Å². The number of carbonyl (C=O) groups excluding carboxylic acids is 1. The first-order chi connectivity index (χ1) is 7.69. The van der Waals surface area contributed by atoms with Crippen molar-refractivity contribution >= 4 is 17.7 Å². The summed E-state index contributed by atoms with van der Waals surface area (Å²) in [5, 5.41) is 0. The molecule has 0 saturated carbocycles. The van der Waals surface area contributed by atoms with Gasteiger partial charge in [-0.15, -0.1) is 0 Å². The topological polar surface area (TPSA) is 55.6 Å². The molecule has 94 valence electrons. The number of morpholine rings is 1. The Labute approximate surface area is 102 Å². The van der Waals surface area contributed by atoms with Crippen LogP contribution in [0.15, 0.2) is 0 Å². The Morgan fingerprint density at radius 2 is 2.44 bits per heavy atom. The average Bonchev–Trinajstić information content (AvgIpc) is 2.35. The van der Waals surface area contributed by atoms with Gasteiger partial charge in [-0.2, -0.15) is 11.8 Å². The normalized spacial score (nSPS) is 23.2. The minimum Gasteiger partial charge on any atom is -0.375 e. The van der Waals surface area contributed by atoms with E-state index in [4.69, 9.17) is 10.5 Å². The number of nitrogens with two attached hydrogens (primary N) is 1. The maximum atomic E-state index is 12.0. The Morgan fingerprint density at radius 3 is 3.06 bits per heavy atom. The van der Waals surface area contributed by atoms with Gasteiger partial charge in [-0.25, -0.2) is 0 Å². The molecule has 1 aliphatic heterocycles. The summed E-state index contributed by atoms with van der Waals surface area (Å²) in [6.45, 7) is 4.09. The molecule has 0 aliphatic carbocycles. The molecule has 0 radical (unpaired) electrons. The summed E-state index contributed by atoms with van der Waals surface area (Å²) in [7, 11) is 0. The molecule has 1 amide bonds. The highest BCUT2D eigenvalue weighted by molar-refractivity contribution is 7.98. The number of amides is 1. The van der Waals surface area contributed by atoms with Crippen LogP contribution in [0.3, 0.4) is 0 Å². The predicted octanol–water partition coefficient (Wildman–Crippen LogP) is 0.704. The zero-order valence-corrected chi connectivity index (χ0v) is 11.0. The van der Waals surface area contributed by atoms with Gasteiger partial charge < -0.3 is 15.4 Å². The first kappa shape index (κ1) is 13.8. The van der Waals surface area contributed by atoms with Crippen LogP contribution in [0.5, 0.6) is 0 Å². The van der Waals surface area contributed by atoms with E-state index in [2.05, 4.69) is 6.92 Å². The molecular weight excluding hydrogens is 224 g/mol. The van der Waals surface area contributed by atoms with Crippen molar-refractivity contribution in [1.82, 2.24) is 4.90 Å². The SMILES string of the molecule is CCC1CN(C(=O)[C@H](N)CCSC)CCO1. The monoisotopic (exact) mass is 246 g/mol. The van der Waals surface area contributed by atoms with Crippen LogP contribution in [0.4, 0.5) is 0 Å². The van der Waals surface area contributed by atoms with Gasteiger partial charge in [0, 0.05) is 13.1 Å². The molecule has 0 aromatic rings. The summed E-state index contributed by atoms with van der Waals surface area (Å²) < 4.78 is 5.53. The number of carbonyl (C=O) groups is 1. The molecule has 1 fully saturated rings. The van der Waals surface area contributed by atoms with Crippen LogP contribution in [-0.2, 0) is 9.53 Å². The third kappa shape index (κ3) is 3.96. The van der Waals surface area contributed by atoms with Gasteiger partial charge in [0.1, 0.15) is 0 Å². The molecule has 4 nitrogen and oxygen atoms in total. The Kier molecular flexibility index (Phi) is 6.16. The number of ether oxygens (including phenoxy) is 1. The molecule has 1 aliphatic rings. The molecular formula is C11H22N2O2S. The van der Waals surface area contributed by atoms with Crippen molar-refractivity contribution in [2.75, 3.05) is 31.7 Å². The molecule has 0 spiro atoms. The molecule has 0 aromatic carbocycles. The van der Waals surface area contributed by atoms with Crippen molar-refractivity contribution in [2.24, 2.45) is 5.73 Å². The fraction of sp³-hybridized carbons (Fsp3) is 0.909. The second-order valence-corrected chi connectivity index (χ2v) is 5.06. The van der Waals surface area contributed by atoms with E-state index in [9.17, 15) is 4.79 Å². The maximum Gasteiger partial charge on any atom is 0.239 e. The largest absolute Gasteiger partial charge is 0.375 e. The first-order valence-corrected chi connectivity index (χ1v) is 7.23. The summed E-state index contributed by atoms with van der Waals surface area (Å²) in [5.41, 5.74) is 5.88. The Morgan fingerprint density at radius 1 is 1.69 bits per heavy atom. The zero-order valence-electron chi connectivity index (χ0n) is 10.1. The lowest BCUT2D eigenvalue weighted by Gasteiger charge is -2.34. The lowest BCUT2D eigenvalue weighted by Crippen LogP contribution is -2.51. The molecule has 16 heavy (non-hydrogen) atoms. The van der Waals surface area contributed by atoms with Gasteiger partial charge in [0.2, 0.25) is 5.91 Å². The van der Waals surface area contributed by atoms with Gasteiger partial charge in [0.05, 0.1) is 18.8 Å². The van der Waals surface area contributed by atoms with Crippen LogP contribution >= 0.6 is 11.8 Å². The van der Waals surface area contributed by atoms with Crippen LogP contribution in [0.25, 0.3) is 0 Å². The summed E-state index contributed by atoms with van der Waals surface area (Å²) >= 11 is 1.72. The van der Waals surface area contributed by atoms with E-state index in [1.54, 1.807) is 11.8 Å². The standard InChI is InChI=1S/C11H22N2O2S/c1-3-9-8-13(5-6-15-9)11(14)10(12)4-7-16-2/h9-10H,3-8,12H2,1-2H3/t9?,10-/m1/s1. The quantitative estimate of drug-likeness (QED) is 0.776. The number of nitrogens with zero attached hydrogens (tertiary/aromatic N) is 1. The summed E-state index contributed by atoms with van der Waals surface area (Å²) in [6, 6.07) is -0.344. The lowest BCUT2D eigenvalue weighted by atomic mass is 10.1. The smallest absolute Gasteiger partial charge is 0.239 e. The van der Waals surface area contributed by atoms with E-state index in [0.29, 0.717) is 19.7 Å². The van der Waals surface area contributed by atoms with Crippen LogP contribution in [0.2, 0.25) is 0 Å². The number of thioether (sulfide) groups is 1. The molecule has 2 N–H and O–H groups in total. The van der Waals surface area contributed by atoms with Crippen molar-refractivity contribution in [3.8, 4) is 0 Å². The molecule has 1 heterocycles. The maximum absolute atomic E-state index is 12.0. The minimum absolute atomic E-state index is 0.0794. The van der Waals surface area contributed by atoms with Gasteiger partial charge in [0.25, 0.3) is 0 Å². The van der Waals surface area contributed by atoms with E-state index in [1.807, 2.05) is 11.2 Å². The van der Waals surface area contributed by atoms with Gasteiger partial charge in [-0.1, -0.05) is 6.92 Å².